The van der Waals surface area contributed by atoms with Crippen molar-refractivity contribution in [1.82, 2.24) is 9.55 Å². The normalized spacial score (nSPS) is 10.6. The molecular weight excluding hydrogens is 366 g/mol. The van der Waals surface area contributed by atoms with Gasteiger partial charge in [-0.2, -0.15) is 10.2 Å². The molecular formula is C23H16N3O3-. The molecule has 29 heavy (non-hydrogen) atoms. The molecule has 0 amide bonds. The maximum absolute atomic E-state index is 11.6. The van der Waals surface area contributed by atoms with Gasteiger partial charge in [0.25, 0.3) is 6.01 Å². The molecule has 6 nitrogen and oxygen atoms in total. The van der Waals surface area contributed by atoms with Crippen LogP contribution in [0.5, 0.6) is 6.01 Å². The van der Waals surface area contributed by atoms with Gasteiger partial charge in [0.15, 0.2) is 0 Å². The Kier molecular flexibility index (Phi) is 4.71. The van der Waals surface area contributed by atoms with Crippen LogP contribution in [0.1, 0.15) is 21.5 Å². The number of para-hydroxylation sites is 1. The molecule has 4 rings (SSSR count). The Morgan fingerprint density at radius 1 is 1.10 bits per heavy atom. The summed E-state index contributed by atoms with van der Waals surface area (Å²) in [7, 11) is 1.50. The molecule has 0 aliphatic carbocycles. The summed E-state index contributed by atoms with van der Waals surface area (Å²) >= 11 is 0. The van der Waals surface area contributed by atoms with Gasteiger partial charge >= 0.3 is 0 Å². The predicted molar refractivity (Wildman–Crippen MR) is 106 cm³/mol. The highest BCUT2D eigenvalue weighted by Gasteiger charge is 2.15. The Hall–Kier alpha value is -4.11. The van der Waals surface area contributed by atoms with Gasteiger partial charge in [0.2, 0.25) is 0 Å². The van der Waals surface area contributed by atoms with Crippen molar-refractivity contribution in [1.29, 1.82) is 5.26 Å². The number of nitrogens with zero attached hydrogens (tertiary/aromatic N) is 3. The van der Waals surface area contributed by atoms with Crippen LogP contribution in [0, 0.1) is 11.3 Å². The summed E-state index contributed by atoms with van der Waals surface area (Å²) in [6.45, 7) is 0.379. The first-order valence-electron chi connectivity index (χ1n) is 8.95. The number of imidazole rings is 1. The number of fused-ring (bicyclic) bond motifs is 1. The van der Waals surface area contributed by atoms with Gasteiger partial charge in [0, 0.05) is 5.56 Å². The second kappa shape index (κ2) is 7.49. The van der Waals surface area contributed by atoms with Gasteiger partial charge in [0.1, 0.15) is 0 Å². The summed E-state index contributed by atoms with van der Waals surface area (Å²) in [5, 5.41) is 20.9. The van der Waals surface area contributed by atoms with Crippen molar-refractivity contribution in [3.63, 3.8) is 0 Å². The van der Waals surface area contributed by atoms with Crippen molar-refractivity contribution in [3.8, 4) is 23.2 Å². The number of ether oxygens (including phenoxy) is 1. The van der Waals surface area contributed by atoms with Crippen molar-refractivity contribution in [3.05, 3.63) is 83.4 Å². The number of methoxy groups -OCH3 is 1. The summed E-state index contributed by atoms with van der Waals surface area (Å²) in [5.41, 5.74) is 4.41. The zero-order chi connectivity index (χ0) is 20.4. The van der Waals surface area contributed by atoms with Gasteiger partial charge in [-0.15, -0.1) is 0 Å². The highest BCUT2D eigenvalue weighted by molar-refractivity contribution is 6.00. The summed E-state index contributed by atoms with van der Waals surface area (Å²) in [4.78, 5) is 15.9. The van der Waals surface area contributed by atoms with E-state index in [4.69, 9.17) is 4.74 Å². The van der Waals surface area contributed by atoms with Crippen molar-refractivity contribution < 1.29 is 14.6 Å². The zero-order valence-electron chi connectivity index (χ0n) is 15.6. The molecule has 0 atom stereocenters. The molecule has 0 saturated carbocycles. The van der Waals surface area contributed by atoms with Crippen LogP contribution < -0.4 is 9.84 Å². The van der Waals surface area contributed by atoms with E-state index in [0.717, 1.165) is 16.7 Å². The minimum absolute atomic E-state index is 0.0675. The average Bonchev–Trinajstić information content (AvgIpc) is 3.11. The molecule has 0 radical (unpaired) electrons. The van der Waals surface area contributed by atoms with Gasteiger partial charge in [0.05, 0.1) is 42.3 Å². The van der Waals surface area contributed by atoms with Crippen LogP contribution >= 0.6 is 0 Å². The molecule has 0 fully saturated rings. The highest BCUT2D eigenvalue weighted by Crippen LogP contribution is 2.27. The number of benzene rings is 3. The molecule has 1 aromatic heterocycles. The summed E-state index contributed by atoms with van der Waals surface area (Å²) in [6.07, 6.45) is 0. The molecule has 0 aliphatic heterocycles. The number of aromatic carboxylic acids is 1. The lowest BCUT2D eigenvalue weighted by molar-refractivity contribution is -0.254. The standard InChI is InChI=1S/C23H17N3O3/c1-29-23-25-20-8-4-7-19(22(27)28)21(20)26(23)14-15-9-11-16(12-10-15)18-6-3-2-5-17(18)13-24/h2-12H,14H2,1H3,(H,27,28)/p-1. The number of carbonyl (C=O) groups is 1. The molecule has 142 valence electrons. The minimum atomic E-state index is -1.26. The molecule has 6 heteroatoms. The quantitative estimate of drug-likeness (QED) is 0.529. The van der Waals surface area contributed by atoms with E-state index in [9.17, 15) is 15.2 Å². The molecule has 3 aromatic carbocycles. The Bertz CT molecular complexity index is 1250. The zero-order valence-corrected chi connectivity index (χ0v) is 15.6. The summed E-state index contributed by atoms with van der Waals surface area (Å²) in [5.74, 6) is -1.26. The number of rotatable bonds is 5. The molecule has 0 bridgehead atoms. The summed E-state index contributed by atoms with van der Waals surface area (Å²) in [6, 6.07) is 22.6. The van der Waals surface area contributed by atoms with E-state index in [0.29, 0.717) is 29.2 Å². The van der Waals surface area contributed by atoms with Gasteiger partial charge in [-0.3, -0.25) is 4.57 Å². The fraction of sp³-hybridized carbons (Fsp3) is 0.0870. The van der Waals surface area contributed by atoms with Gasteiger partial charge in [-0.1, -0.05) is 54.6 Å². The van der Waals surface area contributed by atoms with Crippen LogP contribution in [0.3, 0.4) is 0 Å². The van der Waals surface area contributed by atoms with Crippen LogP contribution in [-0.4, -0.2) is 22.6 Å². The van der Waals surface area contributed by atoms with E-state index in [-0.39, 0.29) is 5.56 Å². The van der Waals surface area contributed by atoms with E-state index >= 15 is 0 Å². The second-order valence-corrected chi connectivity index (χ2v) is 6.50. The van der Waals surface area contributed by atoms with Crippen molar-refractivity contribution in [2.75, 3.05) is 7.11 Å². The fourth-order valence-corrected chi connectivity index (χ4v) is 3.44. The van der Waals surface area contributed by atoms with Crippen LogP contribution in [0.4, 0.5) is 0 Å². The highest BCUT2D eigenvalue weighted by atomic mass is 16.5. The Morgan fingerprint density at radius 3 is 2.55 bits per heavy atom. The number of hydrogen-bond acceptors (Lipinski definition) is 5. The predicted octanol–water partition coefficient (Wildman–Crippen LogP) is 3.00. The van der Waals surface area contributed by atoms with E-state index in [1.165, 1.54) is 13.2 Å². The Morgan fingerprint density at radius 2 is 1.86 bits per heavy atom. The van der Waals surface area contributed by atoms with Crippen LogP contribution in [0.15, 0.2) is 66.7 Å². The number of carboxylic acid groups (broad SMARTS) is 1. The molecule has 4 aromatic rings. The minimum Gasteiger partial charge on any atom is -0.545 e. The lowest BCUT2D eigenvalue weighted by atomic mass is 9.99. The van der Waals surface area contributed by atoms with E-state index in [2.05, 4.69) is 11.1 Å². The lowest BCUT2D eigenvalue weighted by Gasteiger charge is -2.12. The third kappa shape index (κ3) is 3.30. The first kappa shape index (κ1) is 18.3. The topological polar surface area (TPSA) is 91.0 Å². The van der Waals surface area contributed by atoms with Crippen molar-refractivity contribution >= 4 is 17.0 Å². The van der Waals surface area contributed by atoms with Gasteiger partial charge in [-0.25, -0.2) is 0 Å². The molecule has 1 heterocycles. The maximum Gasteiger partial charge on any atom is 0.297 e. The van der Waals surface area contributed by atoms with Crippen molar-refractivity contribution in [2.24, 2.45) is 0 Å². The lowest BCUT2D eigenvalue weighted by Crippen LogP contribution is -2.23. The monoisotopic (exact) mass is 382 g/mol. The largest absolute Gasteiger partial charge is 0.545 e. The molecule has 0 unspecified atom stereocenters. The van der Waals surface area contributed by atoms with E-state index in [1.54, 1.807) is 22.8 Å². The van der Waals surface area contributed by atoms with Crippen LogP contribution in [-0.2, 0) is 6.54 Å². The number of aromatic nitrogens is 2. The van der Waals surface area contributed by atoms with Gasteiger partial charge < -0.3 is 14.6 Å². The Balaban J connectivity index is 1.74. The second-order valence-electron chi connectivity index (χ2n) is 6.50. The number of hydrogen-bond donors (Lipinski definition) is 0. The van der Waals surface area contributed by atoms with E-state index in [1.807, 2.05) is 42.5 Å². The molecule has 0 spiro atoms. The van der Waals surface area contributed by atoms with Crippen LogP contribution in [0.25, 0.3) is 22.2 Å². The first-order chi connectivity index (χ1) is 14.1. The maximum atomic E-state index is 11.6. The average molecular weight is 382 g/mol. The number of carbonyl (C=O) groups excluding carboxylic acids is 1. The van der Waals surface area contributed by atoms with Crippen LogP contribution in [0.2, 0.25) is 0 Å². The first-order valence-corrected chi connectivity index (χ1v) is 8.95. The van der Waals surface area contributed by atoms with Gasteiger partial charge in [-0.05, 0) is 28.8 Å². The number of carboxylic acids is 1. The molecule has 0 saturated heterocycles. The fourth-order valence-electron chi connectivity index (χ4n) is 3.44. The third-order valence-electron chi connectivity index (χ3n) is 4.79. The van der Waals surface area contributed by atoms with Crippen molar-refractivity contribution in [2.45, 2.75) is 6.54 Å². The third-order valence-corrected chi connectivity index (χ3v) is 4.79. The van der Waals surface area contributed by atoms with E-state index < -0.39 is 5.97 Å². The summed E-state index contributed by atoms with van der Waals surface area (Å²) < 4.78 is 7.08. The molecule has 0 N–H and O–H groups in total. The number of nitriles is 1. The Labute approximate surface area is 167 Å². The smallest absolute Gasteiger partial charge is 0.297 e. The SMILES string of the molecule is COc1nc2cccc(C(=O)[O-])c2n1Cc1ccc(-c2ccccc2C#N)cc1. The molecule has 0 aliphatic rings.